The average molecular weight is 1130 g/mol. The van der Waals surface area contributed by atoms with Crippen LogP contribution >= 0.6 is 8.53 Å². The lowest BCUT2D eigenvalue weighted by Gasteiger charge is -2.35. The van der Waals surface area contributed by atoms with E-state index in [2.05, 4.69) is 264 Å². The average Bonchev–Trinajstić information content (AvgIpc) is 3.04. The smallest absolute Gasteiger partial charge is 0.259 e. The fraction of sp³-hybridized carbons (Fsp3) is 0.307. The van der Waals surface area contributed by atoms with Gasteiger partial charge in [0, 0.05) is 142 Å². The van der Waals surface area contributed by atoms with Crippen LogP contribution in [0.25, 0.3) is 21.5 Å². The number of hydrogen-bond donors (Lipinski definition) is 1. The van der Waals surface area contributed by atoms with Gasteiger partial charge in [0.15, 0.2) is 0 Å². The zero-order valence-corrected chi connectivity index (χ0v) is 52.7. The molecule has 0 aliphatic carbocycles. The Labute approximate surface area is 504 Å². The highest BCUT2D eigenvalue weighted by Gasteiger charge is 2.27. The van der Waals surface area contributed by atoms with Crippen molar-refractivity contribution in [2.75, 3.05) is 89.2 Å². The number of aliphatic hydroxyl groups excluding tert-OH is 1. The van der Waals surface area contributed by atoms with E-state index in [1.165, 1.54) is 5.56 Å². The van der Waals surface area contributed by atoms with Gasteiger partial charge in [-0.25, -0.2) is 4.67 Å². The summed E-state index contributed by atoms with van der Waals surface area (Å²) in [5.74, 6) is 27.6. The third-order valence-corrected chi connectivity index (χ3v) is 16.3. The van der Waals surface area contributed by atoms with Crippen LogP contribution in [0.5, 0.6) is 0 Å². The molecule has 432 valence electrons. The minimum Gasteiger partial charge on any atom is -0.396 e. The van der Waals surface area contributed by atoms with Crippen LogP contribution in [0.2, 0.25) is 0 Å². The van der Waals surface area contributed by atoms with Gasteiger partial charge in [-0.2, -0.15) is 0 Å². The second-order valence-corrected chi connectivity index (χ2v) is 23.7. The van der Waals surface area contributed by atoms with Crippen molar-refractivity contribution in [3.05, 3.63) is 213 Å². The lowest BCUT2D eigenvalue weighted by Crippen LogP contribution is -2.33. The SMILES string of the molecule is CCCOP(OCc1cc(C#Cc2ccc(N(C)C)cc2)c2ccccc2c1C#Cc1ccc(N(C)C)cc1)N(C(C)C)C(C)C.CN(C)c1ccc(C#Cc2cc(CCCCCO)c(C#Cc3ccc(N(C)C)cc3)c3ccccc23)cc1. The summed E-state index contributed by atoms with van der Waals surface area (Å²) in [6.07, 6.45) is 4.65. The molecule has 8 rings (SSSR count). The summed E-state index contributed by atoms with van der Waals surface area (Å²) in [4.78, 5) is 8.36. The van der Waals surface area contributed by atoms with E-state index >= 15 is 0 Å². The molecule has 8 aromatic rings. The topological polar surface area (TPSA) is 54.9 Å². The van der Waals surface area contributed by atoms with Crippen LogP contribution in [0.4, 0.5) is 22.7 Å². The maximum atomic E-state index is 9.25. The van der Waals surface area contributed by atoms with Gasteiger partial charge in [0.2, 0.25) is 0 Å². The lowest BCUT2D eigenvalue weighted by molar-refractivity contribution is 0.169. The molecule has 1 atom stereocenters. The first-order chi connectivity index (χ1) is 40.5. The second-order valence-electron chi connectivity index (χ2n) is 22.2. The number of aliphatic hydroxyl groups is 1. The molecule has 8 nitrogen and oxygen atoms in total. The maximum Gasteiger partial charge on any atom is 0.259 e. The molecule has 0 heterocycles. The first kappa shape index (κ1) is 63.6. The van der Waals surface area contributed by atoms with Crippen LogP contribution < -0.4 is 19.6 Å². The Kier molecular flexibility index (Phi) is 23.9. The Balaban J connectivity index is 0.000000245. The highest BCUT2D eigenvalue weighted by molar-refractivity contribution is 7.44. The minimum atomic E-state index is -1.27. The monoisotopic (exact) mass is 1130 g/mol. The molecule has 0 saturated heterocycles. The Morgan fingerprint density at radius 2 is 0.774 bits per heavy atom. The van der Waals surface area contributed by atoms with Crippen molar-refractivity contribution < 1.29 is 14.2 Å². The van der Waals surface area contributed by atoms with Crippen molar-refractivity contribution in [1.29, 1.82) is 0 Å². The molecular formula is C75H84N5O3P. The summed E-state index contributed by atoms with van der Waals surface area (Å²) >= 11 is 0. The summed E-state index contributed by atoms with van der Waals surface area (Å²) in [5, 5.41) is 13.6. The number of fused-ring (bicyclic) bond motifs is 2. The number of rotatable bonds is 18. The van der Waals surface area contributed by atoms with Crippen LogP contribution in [0.15, 0.2) is 158 Å². The summed E-state index contributed by atoms with van der Waals surface area (Å²) in [6.45, 7) is 12.2. The van der Waals surface area contributed by atoms with E-state index in [1.807, 2.05) is 56.4 Å². The van der Waals surface area contributed by atoms with E-state index in [1.54, 1.807) is 0 Å². The van der Waals surface area contributed by atoms with E-state index < -0.39 is 8.53 Å². The molecule has 8 aromatic carbocycles. The fourth-order valence-electron chi connectivity index (χ4n) is 9.64. The first-order valence-corrected chi connectivity index (χ1v) is 30.4. The fourth-order valence-corrected chi connectivity index (χ4v) is 11.3. The number of unbranched alkanes of at least 4 members (excludes halogenated alkanes) is 2. The molecule has 1 N–H and O–H groups in total. The molecule has 0 spiro atoms. The van der Waals surface area contributed by atoms with Gasteiger partial charge in [0.05, 0.1) is 13.2 Å². The Bertz CT molecular complexity index is 3680. The van der Waals surface area contributed by atoms with Crippen molar-refractivity contribution in [3.8, 4) is 47.4 Å². The first-order valence-electron chi connectivity index (χ1n) is 29.3. The van der Waals surface area contributed by atoms with Gasteiger partial charge in [-0.05, 0) is 195 Å². The van der Waals surface area contributed by atoms with Gasteiger partial charge in [0.1, 0.15) is 0 Å². The number of hydrogen-bond acceptors (Lipinski definition) is 8. The zero-order valence-electron chi connectivity index (χ0n) is 51.8. The van der Waals surface area contributed by atoms with Gasteiger partial charge in [0.25, 0.3) is 8.53 Å². The van der Waals surface area contributed by atoms with E-state index in [9.17, 15) is 5.11 Å². The van der Waals surface area contributed by atoms with Gasteiger partial charge in [-0.3, -0.25) is 0 Å². The molecule has 0 saturated carbocycles. The molecule has 0 aromatic heterocycles. The summed E-state index contributed by atoms with van der Waals surface area (Å²) < 4.78 is 15.4. The summed E-state index contributed by atoms with van der Waals surface area (Å²) in [7, 11) is 15.1. The number of anilines is 4. The van der Waals surface area contributed by atoms with Crippen LogP contribution in [0.1, 0.15) is 116 Å². The normalized spacial score (nSPS) is 11.1. The number of nitrogens with zero attached hydrogens (tertiary/aromatic N) is 5. The quantitative estimate of drug-likeness (QED) is 0.0518. The van der Waals surface area contributed by atoms with Crippen molar-refractivity contribution in [1.82, 2.24) is 4.67 Å². The Morgan fingerprint density at radius 3 is 1.13 bits per heavy atom. The van der Waals surface area contributed by atoms with E-state index in [0.717, 1.165) is 126 Å². The summed E-state index contributed by atoms with van der Waals surface area (Å²) in [5.41, 5.74) is 14.8. The van der Waals surface area contributed by atoms with E-state index in [-0.39, 0.29) is 18.7 Å². The standard InChI is InChI=1S/C40H48N3O2P.C35H36N2O/c1-10-27-44-46(43(30(2)3)31(4)5)45-29-35-28-34(21-15-32-16-22-36(23-17-32)41(6)7)38-13-11-12-14-40(38)39(35)26-20-33-18-24-37(25-19-33)42(8)9;1-36(2)31-20-14-27(15-21-31)13-19-30-26-29(10-6-5-9-25-38)34(35-12-8-7-11-33(30)35)24-18-28-16-22-32(23-17-28)37(3)4/h11-14,16-19,22-25,28,30-31H,10,27,29H2,1-9H3;7-8,11-12,14-17,20-23,26,38H,5-6,9-10,25H2,1-4H3. The molecule has 0 aliphatic rings. The predicted octanol–water partition coefficient (Wildman–Crippen LogP) is 15.5. The van der Waals surface area contributed by atoms with Gasteiger partial charge >= 0.3 is 0 Å². The van der Waals surface area contributed by atoms with Crippen molar-refractivity contribution in [2.45, 2.75) is 85.4 Å². The number of aryl methyl sites for hydroxylation is 1. The molecule has 1 unspecified atom stereocenters. The number of benzene rings is 8. The molecule has 0 amide bonds. The molecule has 84 heavy (non-hydrogen) atoms. The third kappa shape index (κ3) is 17.8. The largest absolute Gasteiger partial charge is 0.396 e. The lowest BCUT2D eigenvalue weighted by atomic mass is 9.92. The van der Waals surface area contributed by atoms with Crippen molar-refractivity contribution in [3.63, 3.8) is 0 Å². The molecule has 0 aliphatic heterocycles. The zero-order chi connectivity index (χ0) is 60.1. The molecule has 9 heteroatoms. The molecule has 0 fully saturated rings. The van der Waals surface area contributed by atoms with Crippen LogP contribution in [0, 0.1) is 47.4 Å². The van der Waals surface area contributed by atoms with Crippen molar-refractivity contribution in [2.24, 2.45) is 0 Å². The van der Waals surface area contributed by atoms with Crippen LogP contribution in [-0.2, 0) is 22.1 Å². The van der Waals surface area contributed by atoms with Crippen LogP contribution in [-0.4, -0.2) is 91.5 Å². The summed E-state index contributed by atoms with van der Waals surface area (Å²) in [6, 6.07) is 55.1. The highest BCUT2D eigenvalue weighted by atomic mass is 31.2. The second kappa shape index (κ2) is 31.6. The molecule has 0 radical (unpaired) electrons. The van der Waals surface area contributed by atoms with Gasteiger partial charge in [-0.1, -0.05) is 109 Å². The maximum absolute atomic E-state index is 9.25. The van der Waals surface area contributed by atoms with Crippen LogP contribution in [0.3, 0.4) is 0 Å². The van der Waals surface area contributed by atoms with Crippen molar-refractivity contribution >= 4 is 52.8 Å². The Hall–Kier alpha value is -8.01. The minimum absolute atomic E-state index is 0.233. The molecule has 0 bridgehead atoms. The Morgan fingerprint density at radius 1 is 0.417 bits per heavy atom. The predicted molar refractivity (Wildman–Crippen MR) is 360 cm³/mol. The molecular weight excluding hydrogens is 1050 g/mol. The van der Waals surface area contributed by atoms with Gasteiger partial charge in [-0.15, -0.1) is 0 Å². The van der Waals surface area contributed by atoms with Gasteiger partial charge < -0.3 is 33.8 Å². The third-order valence-electron chi connectivity index (χ3n) is 14.2. The van der Waals surface area contributed by atoms with E-state index in [0.29, 0.717) is 13.2 Å². The highest BCUT2D eigenvalue weighted by Crippen LogP contribution is 2.47. The van der Waals surface area contributed by atoms with E-state index in [4.69, 9.17) is 9.05 Å².